The van der Waals surface area contributed by atoms with Gasteiger partial charge >= 0.3 is 0 Å². The molecule has 6 heteroatoms. The van der Waals surface area contributed by atoms with Crippen molar-refractivity contribution in [2.45, 2.75) is 24.1 Å². The van der Waals surface area contributed by atoms with Gasteiger partial charge < -0.3 is 5.73 Å². The Bertz CT molecular complexity index is 652. The van der Waals surface area contributed by atoms with Crippen molar-refractivity contribution in [2.24, 2.45) is 5.73 Å². The van der Waals surface area contributed by atoms with Crippen molar-refractivity contribution in [3.8, 4) is 0 Å². The molecule has 0 atom stereocenters. The predicted octanol–water partition coefficient (Wildman–Crippen LogP) is 2.81. The SMILES string of the molecule is CCCN(c1cccc(CN)c1)S(=O)(=O)c1cccs1. The van der Waals surface area contributed by atoms with Crippen molar-refractivity contribution in [1.29, 1.82) is 0 Å². The van der Waals surface area contributed by atoms with Crippen LogP contribution in [0.5, 0.6) is 0 Å². The molecule has 0 unspecified atom stereocenters. The second-order valence-corrected chi connectivity index (χ2v) is 7.42. The third kappa shape index (κ3) is 3.03. The fourth-order valence-electron chi connectivity index (χ4n) is 1.95. The van der Waals surface area contributed by atoms with E-state index < -0.39 is 10.0 Å². The van der Waals surface area contributed by atoms with E-state index in [4.69, 9.17) is 5.73 Å². The van der Waals surface area contributed by atoms with Crippen molar-refractivity contribution in [3.05, 3.63) is 47.3 Å². The van der Waals surface area contributed by atoms with E-state index in [1.54, 1.807) is 23.6 Å². The zero-order chi connectivity index (χ0) is 14.6. The minimum Gasteiger partial charge on any atom is -0.326 e. The molecule has 1 heterocycles. The number of anilines is 1. The molecule has 108 valence electrons. The van der Waals surface area contributed by atoms with E-state index in [9.17, 15) is 8.42 Å². The van der Waals surface area contributed by atoms with Crippen LogP contribution in [-0.2, 0) is 16.6 Å². The molecule has 1 aromatic heterocycles. The first-order chi connectivity index (χ1) is 9.59. The van der Waals surface area contributed by atoms with Crippen molar-refractivity contribution >= 4 is 27.0 Å². The highest BCUT2D eigenvalue weighted by atomic mass is 32.2. The van der Waals surface area contributed by atoms with Gasteiger partial charge in [0.1, 0.15) is 4.21 Å². The molecule has 0 amide bonds. The number of nitrogens with zero attached hydrogens (tertiary/aromatic N) is 1. The Balaban J connectivity index is 2.45. The van der Waals surface area contributed by atoms with Gasteiger partial charge in [0, 0.05) is 13.1 Å². The number of thiophene rings is 1. The van der Waals surface area contributed by atoms with E-state index in [0.29, 0.717) is 23.0 Å². The molecule has 0 radical (unpaired) electrons. The maximum absolute atomic E-state index is 12.7. The van der Waals surface area contributed by atoms with Crippen LogP contribution >= 0.6 is 11.3 Å². The molecule has 0 spiro atoms. The van der Waals surface area contributed by atoms with Crippen molar-refractivity contribution < 1.29 is 8.42 Å². The zero-order valence-electron chi connectivity index (χ0n) is 11.3. The maximum atomic E-state index is 12.7. The van der Waals surface area contributed by atoms with Crippen LogP contribution in [0, 0.1) is 0 Å². The van der Waals surface area contributed by atoms with Crippen LogP contribution < -0.4 is 10.0 Å². The van der Waals surface area contributed by atoms with E-state index >= 15 is 0 Å². The summed E-state index contributed by atoms with van der Waals surface area (Å²) in [4.78, 5) is 0. The molecule has 4 nitrogen and oxygen atoms in total. The number of hydrogen-bond donors (Lipinski definition) is 1. The molecule has 0 saturated heterocycles. The van der Waals surface area contributed by atoms with Gasteiger partial charge in [-0.3, -0.25) is 4.31 Å². The maximum Gasteiger partial charge on any atom is 0.273 e. The fourth-order valence-corrected chi connectivity index (χ4v) is 4.60. The number of hydrogen-bond acceptors (Lipinski definition) is 4. The molecule has 20 heavy (non-hydrogen) atoms. The predicted molar refractivity (Wildman–Crippen MR) is 83.5 cm³/mol. The molecular weight excluding hydrogens is 292 g/mol. The van der Waals surface area contributed by atoms with Gasteiger partial charge in [0.2, 0.25) is 0 Å². The van der Waals surface area contributed by atoms with E-state index in [-0.39, 0.29) is 0 Å². The Labute approximate surface area is 123 Å². The standard InChI is InChI=1S/C14H18N2O2S2/c1-2-8-16(13-6-3-5-12(10-13)11-15)20(17,18)14-7-4-9-19-14/h3-7,9-10H,2,8,11,15H2,1H3. The third-order valence-corrected chi connectivity index (χ3v) is 6.10. The summed E-state index contributed by atoms with van der Waals surface area (Å²) >= 11 is 1.23. The topological polar surface area (TPSA) is 63.4 Å². The second-order valence-electron chi connectivity index (χ2n) is 4.38. The second kappa shape index (κ2) is 6.39. The Morgan fingerprint density at radius 3 is 2.65 bits per heavy atom. The highest BCUT2D eigenvalue weighted by Crippen LogP contribution is 2.27. The van der Waals surface area contributed by atoms with Crippen molar-refractivity contribution in [1.82, 2.24) is 0 Å². The van der Waals surface area contributed by atoms with Gasteiger partial charge in [-0.1, -0.05) is 25.1 Å². The Morgan fingerprint density at radius 1 is 1.25 bits per heavy atom. The lowest BCUT2D eigenvalue weighted by molar-refractivity contribution is 0.592. The lowest BCUT2D eigenvalue weighted by Crippen LogP contribution is -2.31. The van der Waals surface area contributed by atoms with Crippen molar-refractivity contribution in [2.75, 3.05) is 10.8 Å². The monoisotopic (exact) mass is 310 g/mol. The smallest absolute Gasteiger partial charge is 0.273 e. The largest absolute Gasteiger partial charge is 0.326 e. The van der Waals surface area contributed by atoms with E-state index in [0.717, 1.165) is 12.0 Å². The van der Waals surface area contributed by atoms with E-state index in [1.807, 2.05) is 25.1 Å². The highest BCUT2D eigenvalue weighted by molar-refractivity contribution is 7.94. The van der Waals surface area contributed by atoms with Gasteiger partial charge in [-0.25, -0.2) is 8.42 Å². The molecule has 1 aromatic carbocycles. The molecule has 2 aromatic rings. The first kappa shape index (κ1) is 15.0. The molecule has 0 fully saturated rings. The summed E-state index contributed by atoms with van der Waals surface area (Å²) in [5.74, 6) is 0. The molecular formula is C14H18N2O2S2. The Kier molecular flexibility index (Phi) is 4.80. The highest BCUT2D eigenvalue weighted by Gasteiger charge is 2.25. The molecule has 0 saturated carbocycles. The summed E-state index contributed by atoms with van der Waals surface area (Å²) in [7, 11) is -3.49. The average Bonchev–Trinajstić information content (AvgIpc) is 2.99. The molecule has 2 rings (SSSR count). The van der Waals surface area contributed by atoms with Crippen molar-refractivity contribution in [3.63, 3.8) is 0 Å². The number of nitrogens with two attached hydrogens (primary N) is 1. The molecule has 0 aliphatic rings. The summed E-state index contributed by atoms with van der Waals surface area (Å²) < 4.78 is 27.2. The van der Waals surface area contributed by atoms with Crippen LogP contribution in [0.3, 0.4) is 0 Å². The van der Waals surface area contributed by atoms with Gasteiger partial charge in [-0.2, -0.15) is 0 Å². The van der Waals surface area contributed by atoms with Gasteiger partial charge in [0.25, 0.3) is 10.0 Å². The minimum atomic E-state index is -3.49. The van der Waals surface area contributed by atoms with Crippen LogP contribution in [0.4, 0.5) is 5.69 Å². The van der Waals surface area contributed by atoms with Gasteiger partial charge in [-0.15, -0.1) is 11.3 Å². The van der Waals surface area contributed by atoms with E-state index in [2.05, 4.69) is 0 Å². The van der Waals surface area contributed by atoms with Crippen LogP contribution in [0.15, 0.2) is 46.0 Å². The summed E-state index contributed by atoms with van der Waals surface area (Å²) in [5.41, 5.74) is 7.22. The normalized spacial score (nSPS) is 11.5. The molecule has 0 aliphatic heterocycles. The molecule has 0 bridgehead atoms. The van der Waals surface area contributed by atoms with Crippen LogP contribution in [0.1, 0.15) is 18.9 Å². The van der Waals surface area contributed by atoms with Crippen LogP contribution in [0.25, 0.3) is 0 Å². The molecule has 2 N–H and O–H groups in total. The molecule has 0 aliphatic carbocycles. The minimum absolute atomic E-state index is 0.365. The quantitative estimate of drug-likeness (QED) is 0.892. The number of rotatable bonds is 6. The summed E-state index contributed by atoms with van der Waals surface area (Å²) in [6, 6.07) is 10.8. The Morgan fingerprint density at radius 2 is 2.05 bits per heavy atom. The zero-order valence-corrected chi connectivity index (χ0v) is 13.0. The lowest BCUT2D eigenvalue weighted by atomic mass is 10.2. The van der Waals surface area contributed by atoms with Crippen LogP contribution in [0.2, 0.25) is 0 Å². The van der Waals surface area contributed by atoms with E-state index in [1.165, 1.54) is 15.6 Å². The summed E-state index contributed by atoms with van der Waals surface area (Å²) in [6.45, 7) is 2.81. The lowest BCUT2D eigenvalue weighted by Gasteiger charge is -2.23. The van der Waals surface area contributed by atoms with Gasteiger partial charge in [-0.05, 0) is 35.6 Å². The first-order valence-electron chi connectivity index (χ1n) is 6.45. The summed E-state index contributed by atoms with van der Waals surface area (Å²) in [5, 5.41) is 1.77. The number of sulfonamides is 1. The average molecular weight is 310 g/mol. The van der Waals surface area contributed by atoms with Crippen LogP contribution in [-0.4, -0.2) is 15.0 Å². The fraction of sp³-hybridized carbons (Fsp3) is 0.286. The third-order valence-electron chi connectivity index (χ3n) is 2.90. The number of benzene rings is 1. The van der Waals surface area contributed by atoms with Gasteiger partial charge in [0.15, 0.2) is 0 Å². The first-order valence-corrected chi connectivity index (χ1v) is 8.77. The summed E-state index contributed by atoms with van der Waals surface area (Å²) in [6.07, 6.45) is 0.747. The van der Waals surface area contributed by atoms with Gasteiger partial charge in [0.05, 0.1) is 5.69 Å². The Hall–Kier alpha value is -1.37.